The van der Waals surface area contributed by atoms with Crippen LogP contribution in [0.1, 0.15) is 28.3 Å². The molecule has 0 spiro atoms. The number of aryl methyl sites for hydroxylation is 2. The lowest BCUT2D eigenvalue weighted by Crippen LogP contribution is -2.15. The van der Waals surface area contributed by atoms with E-state index in [1.54, 1.807) is 6.07 Å². The van der Waals surface area contributed by atoms with Crippen molar-refractivity contribution in [3.63, 3.8) is 0 Å². The Morgan fingerprint density at radius 2 is 1.90 bits per heavy atom. The Morgan fingerprint density at radius 1 is 1.14 bits per heavy atom. The molecule has 3 nitrogen and oxygen atoms in total. The summed E-state index contributed by atoms with van der Waals surface area (Å²) in [5.74, 6) is 0.643. The summed E-state index contributed by atoms with van der Waals surface area (Å²) < 4.78 is 18.7. The van der Waals surface area contributed by atoms with Gasteiger partial charge >= 0.3 is 0 Å². The van der Waals surface area contributed by atoms with Crippen LogP contribution < -0.4 is 10.3 Å². The molecule has 2 aromatic rings. The molecule has 0 amide bonds. The summed E-state index contributed by atoms with van der Waals surface area (Å²) in [7, 11) is 0. The van der Waals surface area contributed by atoms with Gasteiger partial charge in [0.1, 0.15) is 12.4 Å². The van der Waals surface area contributed by atoms with Crippen LogP contribution in [0.25, 0.3) is 0 Å². The highest BCUT2D eigenvalue weighted by Gasteiger charge is 2.23. The molecule has 0 saturated carbocycles. The minimum atomic E-state index is -0.459. The van der Waals surface area contributed by atoms with E-state index in [2.05, 4.69) is 0 Å². The van der Waals surface area contributed by atoms with Gasteiger partial charge in [-0.2, -0.15) is 0 Å². The molecule has 0 heterocycles. The van der Waals surface area contributed by atoms with E-state index >= 15 is 0 Å². The van der Waals surface area contributed by atoms with Crippen LogP contribution in [0.2, 0.25) is 0 Å². The molecular formula is C17H16FNO2. The lowest BCUT2D eigenvalue weighted by atomic mass is 9.95. The quantitative estimate of drug-likeness (QED) is 0.693. The van der Waals surface area contributed by atoms with Gasteiger partial charge in [0.25, 0.3) is 0 Å². The molecule has 2 aromatic carbocycles. The second-order valence-corrected chi connectivity index (χ2v) is 5.08. The maximum atomic E-state index is 13.4. The Morgan fingerprint density at radius 3 is 2.71 bits per heavy atom. The van der Waals surface area contributed by atoms with E-state index in [9.17, 15) is 9.28 Å². The third-order valence-corrected chi connectivity index (χ3v) is 3.88. The molecule has 1 aliphatic rings. The molecular weight excluding hydrogens is 269 g/mol. The van der Waals surface area contributed by atoms with E-state index in [0.717, 1.165) is 35.1 Å². The van der Waals surface area contributed by atoms with Gasteiger partial charge in [-0.1, -0.05) is 30.3 Å². The van der Waals surface area contributed by atoms with Gasteiger partial charge in [-0.25, -0.2) is 0 Å². The first-order valence-electron chi connectivity index (χ1n) is 6.96. The molecule has 0 aliphatic heterocycles. The lowest BCUT2D eigenvalue weighted by molar-refractivity contribution is -0.109. The van der Waals surface area contributed by atoms with Gasteiger partial charge in [0.2, 0.25) is 0 Å². The van der Waals surface area contributed by atoms with E-state index in [1.165, 1.54) is 0 Å². The van der Waals surface area contributed by atoms with Gasteiger partial charge < -0.3 is 4.74 Å². The highest BCUT2D eigenvalue weighted by Crippen LogP contribution is 2.34. The molecule has 1 unspecified atom stereocenters. The summed E-state index contributed by atoms with van der Waals surface area (Å²) in [5.41, 5.74) is 6.01. The summed E-state index contributed by atoms with van der Waals surface area (Å²) in [6.07, 6.45) is 2.40. The number of ether oxygens (including phenoxy) is 1. The standard InChI is InChI=1S/C17H16FNO2/c18-19-17-15-4-2-1-3-12(15)5-6-13-11-14(21-10-9-20)7-8-16(13)17/h1-4,7-9,11,17,19H,5-6,10H2. The Kier molecular flexibility index (Phi) is 3.97. The number of carbonyl (C=O) groups is 1. The van der Waals surface area contributed by atoms with Crippen LogP contribution in [-0.2, 0) is 17.6 Å². The zero-order valence-electron chi connectivity index (χ0n) is 11.5. The summed E-state index contributed by atoms with van der Waals surface area (Å²) in [6, 6.07) is 13.0. The maximum absolute atomic E-state index is 13.4. The van der Waals surface area contributed by atoms with Gasteiger partial charge in [-0.15, -0.1) is 10.0 Å². The van der Waals surface area contributed by atoms with Crippen LogP contribution in [0.4, 0.5) is 4.48 Å². The predicted molar refractivity (Wildman–Crippen MR) is 77.9 cm³/mol. The van der Waals surface area contributed by atoms with Crippen molar-refractivity contribution in [1.82, 2.24) is 5.54 Å². The SMILES string of the molecule is O=CCOc1ccc2c(c1)CCc1ccccc1C2NF. The highest BCUT2D eigenvalue weighted by atomic mass is 19.2. The number of aldehydes is 1. The number of carbonyl (C=O) groups excluding carboxylic acids is 1. The molecule has 1 aliphatic carbocycles. The van der Waals surface area contributed by atoms with Crippen LogP contribution in [0.3, 0.4) is 0 Å². The molecule has 21 heavy (non-hydrogen) atoms. The summed E-state index contributed by atoms with van der Waals surface area (Å²) in [6.45, 7) is 0.0315. The summed E-state index contributed by atoms with van der Waals surface area (Å²) >= 11 is 0. The van der Waals surface area contributed by atoms with Crippen LogP contribution in [0.15, 0.2) is 42.5 Å². The third kappa shape index (κ3) is 2.67. The Hall–Kier alpha value is -2.20. The van der Waals surface area contributed by atoms with E-state index in [0.29, 0.717) is 12.0 Å². The summed E-state index contributed by atoms with van der Waals surface area (Å²) in [4.78, 5) is 10.4. The first-order chi connectivity index (χ1) is 10.3. The number of nitrogens with one attached hydrogen (secondary N) is 1. The van der Waals surface area contributed by atoms with Crippen LogP contribution in [0.5, 0.6) is 5.75 Å². The Bertz CT molecular complexity index is 657. The topological polar surface area (TPSA) is 38.3 Å². The first kappa shape index (κ1) is 13.8. The third-order valence-electron chi connectivity index (χ3n) is 3.88. The van der Waals surface area contributed by atoms with Crippen molar-refractivity contribution in [3.05, 3.63) is 64.7 Å². The molecule has 0 radical (unpaired) electrons. The van der Waals surface area contributed by atoms with Crippen molar-refractivity contribution in [2.45, 2.75) is 18.9 Å². The van der Waals surface area contributed by atoms with E-state index < -0.39 is 6.04 Å². The molecule has 1 N–H and O–H groups in total. The van der Waals surface area contributed by atoms with Gasteiger partial charge in [0.15, 0.2) is 6.29 Å². The van der Waals surface area contributed by atoms with Crippen molar-refractivity contribution >= 4 is 6.29 Å². The Balaban J connectivity index is 2.01. The number of hydrogen-bond acceptors (Lipinski definition) is 3. The van der Waals surface area contributed by atoms with E-state index in [4.69, 9.17) is 4.74 Å². The van der Waals surface area contributed by atoms with E-state index in [-0.39, 0.29) is 6.61 Å². The van der Waals surface area contributed by atoms with Gasteiger partial charge in [0, 0.05) is 0 Å². The van der Waals surface area contributed by atoms with Crippen LogP contribution in [0, 0.1) is 0 Å². The fourth-order valence-electron chi connectivity index (χ4n) is 2.90. The number of halogens is 1. The fourth-order valence-corrected chi connectivity index (χ4v) is 2.90. The molecule has 0 saturated heterocycles. The summed E-state index contributed by atoms with van der Waals surface area (Å²) in [5, 5.41) is 0. The average Bonchev–Trinajstić information content (AvgIpc) is 2.69. The van der Waals surface area contributed by atoms with Crippen molar-refractivity contribution in [1.29, 1.82) is 0 Å². The van der Waals surface area contributed by atoms with Gasteiger partial charge in [-0.3, -0.25) is 4.79 Å². The molecule has 108 valence electrons. The minimum Gasteiger partial charge on any atom is -0.486 e. The largest absolute Gasteiger partial charge is 0.486 e. The predicted octanol–water partition coefficient (Wildman–Crippen LogP) is 2.93. The van der Waals surface area contributed by atoms with Crippen molar-refractivity contribution in [3.8, 4) is 5.75 Å². The first-order valence-corrected chi connectivity index (χ1v) is 6.96. The van der Waals surface area contributed by atoms with Crippen molar-refractivity contribution < 1.29 is 14.0 Å². The van der Waals surface area contributed by atoms with Crippen molar-refractivity contribution in [2.24, 2.45) is 0 Å². The smallest absolute Gasteiger partial charge is 0.157 e. The highest BCUT2D eigenvalue weighted by molar-refractivity contribution is 5.52. The van der Waals surface area contributed by atoms with Gasteiger partial charge in [0.05, 0.1) is 6.04 Å². The fraction of sp³-hybridized carbons (Fsp3) is 0.235. The van der Waals surface area contributed by atoms with Crippen LogP contribution >= 0.6 is 0 Å². The number of benzene rings is 2. The number of hydrogen-bond donors (Lipinski definition) is 1. The van der Waals surface area contributed by atoms with Crippen molar-refractivity contribution in [2.75, 3.05) is 6.61 Å². The monoisotopic (exact) mass is 285 g/mol. The van der Waals surface area contributed by atoms with Crippen LogP contribution in [-0.4, -0.2) is 12.9 Å². The zero-order chi connectivity index (χ0) is 14.7. The second kappa shape index (κ2) is 6.06. The zero-order valence-corrected chi connectivity index (χ0v) is 11.5. The maximum Gasteiger partial charge on any atom is 0.157 e. The molecule has 0 aromatic heterocycles. The minimum absolute atomic E-state index is 0.0315. The number of rotatable bonds is 4. The molecule has 0 bridgehead atoms. The second-order valence-electron chi connectivity index (χ2n) is 5.08. The molecule has 3 rings (SSSR count). The lowest BCUT2D eigenvalue weighted by Gasteiger charge is -2.18. The van der Waals surface area contributed by atoms with E-state index in [1.807, 2.05) is 41.9 Å². The normalized spacial score (nSPS) is 16.5. The molecule has 0 fully saturated rings. The average molecular weight is 285 g/mol. The Labute approximate surface area is 122 Å². The van der Waals surface area contributed by atoms with Gasteiger partial charge in [-0.05, 0) is 47.2 Å². The molecule has 4 heteroatoms. The molecule has 1 atom stereocenters. The number of fused-ring (bicyclic) bond motifs is 2.